The van der Waals surface area contributed by atoms with Crippen molar-refractivity contribution in [1.82, 2.24) is 4.72 Å². The maximum absolute atomic E-state index is 10.8. The van der Waals surface area contributed by atoms with E-state index in [0.29, 0.717) is 12.8 Å². The zero-order valence-corrected chi connectivity index (χ0v) is 9.66. The fourth-order valence-corrected chi connectivity index (χ4v) is 0.901. The summed E-state index contributed by atoms with van der Waals surface area (Å²) in [6, 6.07) is 0. The highest BCUT2D eigenvalue weighted by atomic mass is 32.2. The van der Waals surface area contributed by atoms with Crippen LogP contribution < -0.4 is 4.72 Å². The largest absolute Gasteiger partial charge is 0.300 e. The fourth-order valence-electron chi connectivity index (χ4n) is 0.493. The third-order valence-corrected chi connectivity index (χ3v) is 1.70. The van der Waals surface area contributed by atoms with Crippen molar-refractivity contribution in [2.45, 2.75) is 40.5 Å². The minimum Gasteiger partial charge on any atom is -0.300 e. The van der Waals surface area contributed by atoms with Gasteiger partial charge in [-0.3, -0.25) is 4.79 Å². The summed E-state index contributed by atoms with van der Waals surface area (Å²) in [6.07, 6.45) is 0.651. The highest BCUT2D eigenvalue weighted by molar-refractivity contribution is 7.97. The van der Waals surface area contributed by atoms with Crippen LogP contribution in [-0.2, 0) is 9.59 Å². The summed E-state index contributed by atoms with van der Waals surface area (Å²) >= 11 is 1.36. The van der Waals surface area contributed by atoms with Crippen LogP contribution in [0.4, 0.5) is 0 Å². The summed E-state index contributed by atoms with van der Waals surface area (Å²) in [6.45, 7) is 7.44. The Labute approximate surface area is 84.8 Å². The highest BCUT2D eigenvalue weighted by Crippen LogP contribution is 1.95. The molecule has 0 spiro atoms. The molecular formula is C9H19NO2S. The lowest BCUT2D eigenvalue weighted by Gasteiger charge is -1.99. The molecule has 0 unspecified atom stereocenters. The first-order chi connectivity index (χ1) is 6.16. The Hall–Kier alpha value is -0.510. The molecule has 13 heavy (non-hydrogen) atoms. The van der Waals surface area contributed by atoms with E-state index in [1.165, 1.54) is 18.9 Å². The van der Waals surface area contributed by atoms with Crippen LogP contribution in [0.1, 0.15) is 40.5 Å². The van der Waals surface area contributed by atoms with Gasteiger partial charge in [0.15, 0.2) is 0 Å². The Kier molecular flexibility index (Phi) is 13.2. The van der Waals surface area contributed by atoms with Crippen molar-refractivity contribution in [2.75, 3.05) is 5.75 Å². The van der Waals surface area contributed by atoms with Crippen molar-refractivity contribution >= 4 is 23.6 Å². The number of nitrogens with one attached hydrogen (secondary N) is 1. The minimum absolute atomic E-state index is 0.0571. The molecule has 0 saturated carbocycles. The number of hydrogen-bond donors (Lipinski definition) is 1. The second-order valence-corrected chi connectivity index (χ2v) is 3.23. The van der Waals surface area contributed by atoms with Gasteiger partial charge >= 0.3 is 0 Å². The lowest BCUT2D eigenvalue weighted by molar-refractivity contribution is -0.123. The molecule has 0 atom stereocenters. The SMILES string of the molecule is CC.CCSNC(=O)CCC(C)=O. The van der Waals surface area contributed by atoms with Gasteiger partial charge in [-0.05, 0) is 6.92 Å². The number of hydrogen-bond acceptors (Lipinski definition) is 3. The lowest BCUT2D eigenvalue weighted by Crippen LogP contribution is -2.16. The van der Waals surface area contributed by atoms with Crippen molar-refractivity contribution in [1.29, 1.82) is 0 Å². The van der Waals surface area contributed by atoms with E-state index in [4.69, 9.17) is 0 Å². The topological polar surface area (TPSA) is 46.2 Å². The number of carbonyl (C=O) groups is 2. The molecule has 0 aliphatic rings. The van der Waals surface area contributed by atoms with Crippen LogP contribution in [0.3, 0.4) is 0 Å². The molecule has 3 nitrogen and oxygen atoms in total. The molecule has 1 N–H and O–H groups in total. The van der Waals surface area contributed by atoms with Gasteiger partial charge in [0, 0.05) is 18.6 Å². The number of carbonyl (C=O) groups excluding carboxylic acids is 2. The van der Waals surface area contributed by atoms with Gasteiger partial charge in [-0.15, -0.1) is 0 Å². The maximum atomic E-state index is 10.8. The monoisotopic (exact) mass is 205 g/mol. The number of ketones is 1. The van der Waals surface area contributed by atoms with Crippen LogP contribution in [-0.4, -0.2) is 17.4 Å². The molecule has 0 fully saturated rings. The first-order valence-corrected chi connectivity index (χ1v) is 5.55. The standard InChI is InChI=1S/C7H13NO2S.C2H6/c1-3-11-8-7(10)5-4-6(2)9;1-2/h3-5H2,1-2H3,(H,8,10);1-2H3. The summed E-state index contributed by atoms with van der Waals surface area (Å²) in [4.78, 5) is 21.3. The smallest absolute Gasteiger partial charge is 0.230 e. The molecule has 0 bridgehead atoms. The van der Waals surface area contributed by atoms with Gasteiger partial charge in [-0.1, -0.05) is 32.7 Å². The molecule has 0 radical (unpaired) electrons. The molecule has 0 aromatic heterocycles. The Morgan fingerprint density at radius 2 is 1.77 bits per heavy atom. The van der Waals surface area contributed by atoms with Crippen LogP contribution in [0, 0.1) is 0 Å². The van der Waals surface area contributed by atoms with Gasteiger partial charge in [0.25, 0.3) is 0 Å². The van der Waals surface area contributed by atoms with E-state index in [1.807, 2.05) is 20.8 Å². The van der Waals surface area contributed by atoms with E-state index in [9.17, 15) is 9.59 Å². The predicted molar refractivity (Wildman–Crippen MR) is 57.5 cm³/mol. The van der Waals surface area contributed by atoms with E-state index in [-0.39, 0.29) is 11.7 Å². The van der Waals surface area contributed by atoms with Crippen LogP contribution in [0.5, 0.6) is 0 Å². The minimum atomic E-state index is -0.0629. The summed E-state index contributed by atoms with van der Waals surface area (Å²) < 4.78 is 2.61. The van der Waals surface area contributed by atoms with E-state index in [1.54, 1.807) is 0 Å². The first kappa shape index (κ1) is 15.0. The molecule has 78 valence electrons. The average Bonchev–Trinajstić information content (AvgIpc) is 2.14. The molecular weight excluding hydrogens is 186 g/mol. The molecule has 0 rings (SSSR count). The van der Waals surface area contributed by atoms with E-state index < -0.39 is 0 Å². The third kappa shape index (κ3) is 14.4. The number of amides is 1. The average molecular weight is 205 g/mol. The summed E-state index contributed by atoms with van der Waals surface area (Å²) in [5.41, 5.74) is 0. The highest BCUT2D eigenvalue weighted by Gasteiger charge is 2.01. The Morgan fingerprint density at radius 1 is 1.23 bits per heavy atom. The van der Waals surface area contributed by atoms with Crippen molar-refractivity contribution in [3.8, 4) is 0 Å². The van der Waals surface area contributed by atoms with Crippen LogP contribution in [0.2, 0.25) is 0 Å². The molecule has 0 aliphatic heterocycles. The van der Waals surface area contributed by atoms with Crippen LogP contribution in [0.15, 0.2) is 0 Å². The van der Waals surface area contributed by atoms with Crippen molar-refractivity contribution in [2.24, 2.45) is 0 Å². The van der Waals surface area contributed by atoms with Crippen LogP contribution in [0.25, 0.3) is 0 Å². The normalized spacial score (nSPS) is 8.31. The fraction of sp³-hybridized carbons (Fsp3) is 0.778. The van der Waals surface area contributed by atoms with Gasteiger partial charge < -0.3 is 9.52 Å². The second kappa shape index (κ2) is 11.5. The summed E-state index contributed by atoms with van der Waals surface area (Å²) in [5, 5.41) is 0. The third-order valence-electron chi connectivity index (χ3n) is 1.03. The molecule has 0 aliphatic carbocycles. The zero-order chi connectivity index (χ0) is 10.7. The molecule has 0 saturated heterocycles. The number of rotatable bonds is 5. The van der Waals surface area contributed by atoms with E-state index in [0.717, 1.165) is 5.75 Å². The Bertz CT molecular complexity index is 149. The summed E-state index contributed by atoms with van der Waals surface area (Å²) in [5.74, 6) is 0.847. The van der Waals surface area contributed by atoms with Gasteiger partial charge in [-0.2, -0.15) is 0 Å². The summed E-state index contributed by atoms with van der Waals surface area (Å²) in [7, 11) is 0. The second-order valence-electron chi connectivity index (χ2n) is 2.16. The van der Waals surface area contributed by atoms with Crippen molar-refractivity contribution in [3.63, 3.8) is 0 Å². The molecule has 4 heteroatoms. The van der Waals surface area contributed by atoms with E-state index in [2.05, 4.69) is 4.72 Å². The molecule has 0 aromatic rings. The maximum Gasteiger partial charge on any atom is 0.230 e. The Balaban J connectivity index is 0. The Morgan fingerprint density at radius 3 is 2.15 bits per heavy atom. The van der Waals surface area contributed by atoms with Gasteiger partial charge in [-0.25, -0.2) is 0 Å². The van der Waals surface area contributed by atoms with Crippen molar-refractivity contribution in [3.05, 3.63) is 0 Å². The van der Waals surface area contributed by atoms with Gasteiger partial charge in [0.1, 0.15) is 5.78 Å². The van der Waals surface area contributed by atoms with Gasteiger partial charge in [0.05, 0.1) is 0 Å². The molecule has 1 amide bonds. The van der Waals surface area contributed by atoms with Crippen LogP contribution >= 0.6 is 11.9 Å². The van der Waals surface area contributed by atoms with Gasteiger partial charge in [0.2, 0.25) is 5.91 Å². The predicted octanol–water partition coefficient (Wildman–Crippen LogP) is 2.17. The number of Topliss-reactive ketones (excluding diaryl/α,β-unsaturated/α-hetero) is 1. The van der Waals surface area contributed by atoms with Crippen molar-refractivity contribution < 1.29 is 9.59 Å². The van der Waals surface area contributed by atoms with E-state index >= 15 is 0 Å². The molecule has 0 aromatic carbocycles. The molecule has 0 heterocycles. The first-order valence-electron chi connectivity index (χ1n) is 4.57. The zero-order valence-electron chi connectivity index (χ0n) is 8.85. The quantitative estimate of drug-likeness (QED) is 0.700. The lowest BCUT2D eigenvalue weighted by atomic mass is 10.2.